The topological polar surface area (TPSA) is 3.24 Å². The van der Waals surface area contributed by atoms with Crippen LogP contribution in [0.5, 0.6) is 0 Å². The average molecular weight is 661 g/mol. The van der Waals surface area contributed by atoms with E-state index in [1.54, 1.807) is 62.4 Å². The Bertz CT molecular complexity index is 3650. The van der Waals surface area contributed by atoms with Gasteiger partial charge in [-0.25, -0.2) is 0 Å². The molecule has 0 atom stereocenters. The smallest absolute Gasteiger partial charge is 0.0648 e. The summed E-state index contributed by atoms with van der Waals surface area (Å²) in [5, 5.41) is -0.627. The first-order valence-corrected chi connectivity index (χ1v) is 15.7. The van der Waals surface area contributed by atoms with Crippen LogP contribution in [0.25, 0.3) is 55.3 Å². The molecule has 0 unspecified atom stereocenters. The standard InChI is InChI=1S/C49H37N/c1-49(2)45-25-11-9-22-43(45)44-32-31-39(33-46(44)49)50(47-26-12-10-21-40(47)34-15-5-3-6-16-34)38-29-27-36(28-30-38)42-24-14-20-37-19-13-23-41(48(37)42)35-17-7-4-8-18-35/h3-33H,1-2H3/i9D,10D,11D,12D,13D,14D,19D,20D,21D,22D,23D,24D,25D,26D,27D,28D,29D,30D,31D,32D,33D. The highest BCUT2D eigenvalue weighted by molar-refractivity contribution is 6.06. The number of benzene rings is 8. The first kappa shape index (κ1) is 15.2. The predicted molar refractivity (Wildman–Crippen MR) is 213 cm³/mol. The Morgan fingerprint density at radius 3 is 1.68 bits per heavy atom. The molecule has 1 aliphatic rings. The van der Waals surface area contributed by atoms with Crippen LogP contribution in [0.2, 0.25) is 0 Å². The molecule has 0 bridgehead atoms. The van der Waals surface area contributed by atoms with Gasteiger partial charge in [-0.05, 0) is 91.1 Å². The largest absolute Gasteiger partial charge is 0.310 e. The van der Waals surface area contributed by atoms with E-state index < -0.39 is 160 Å². The summed E-state index contributed by atoms with van der Waals surface area (Å²) in [6, 6.07) is 0.449. The van der Waals surface area contributed by atoms with Crippen LogP contribution in [0, 0.1) is 0 Å². The van der Waals surface area contributed by atoms with Gasteiger partial charge in [-0.15, -0.1) is 0 Å². The summed E-state index contributed by atoms with van der Waals surface area (Å²) in [4.78, 5) is 0.802. The highest BCUT2D eigenvalue weighted by Gasteiger charge is 2.35. The van der Waals surface area contributed by atoms with Crippen molar-refractivity contribution in [1.29, 1.82) is 0 Å². The van der Waals surface area contributed by atoms with Crippen molar-refractivity contribution < 1.29 is 28.8 Å². The Hall–Kier alpha value is -6.18. The minimum absolute atomic E-state index is 0.00812. The maximum Gasteiger partial charge on any atom is 0.0648 e. The van der Waals surface area contributed by atoms with E-state index >= 15 is 0 Å². The van der Waals surface area contributed by atoms with Crippen LogP contribution < -0.4 is 4.90 Å². The lowest BCUT2D eigenvalue weighted by molar-refractivity contribution is 0.660. The van der Waals surface area contributed by atoms with E-state index in [2.05, 4.69) is 0 Å². The lowest BCUT2D eigenvalue weighted by Crippen LogP contribution is -2.16. The van der Waals surface area contributed by atoms with Gasteiger partial charge in [0.05, 0.1) is 34.5 Å². The number of para-hydroxylation sites is 1. The van der Waals surface area contributed by atoms with Crippen LogP contribution in [0.15, 0.2) is 188 Å². The molecule has 0 fully saturated rings. The third-order valence-electron chi connectivity index (χ3n) is 8.81. The zero-order valence-electron chi connectivity index (χ0n) is 47.7. The molecule has 0 amide bonds. The minimum atomic E-state index is -1.52. The molecule has 0 saturated carbocycles. The molecule has 50 heavy (non-hydrogen) atoms. The Morgan fingerprint density at radius 1 is 0.440 bits per heavy atom. The van der Waals surface area contributed by atoms with Crippen LogP contribution in [0.1, 0.15) is 53.8 Å². The Labute approximate surface area is 324 Å². The fourth-order valence-corrected chi connectivity index (χ4v) is 6.40. The molecule has 1 aliphatic carbocycles. The van der Waals surface area contributed by atoms with Gasteiger partial charge in [0.15, 0.2) is 0 Å². The first-order valence-electron chi connectivity index (χ1n) is 26.2. The zero-order chi connectivity index (χ0) is 51.9. The van der Waals surface area contributed by atoms with Crippen molar-refractivity contribution in [1.82, 2.24) is 0 Å². The van der Waals surface area contributed by atoms with Gasteiger partial charge in [-0.2, -0.15) is 0 Å². The van der Waals surface area contributed by atoms with E-state index in [-0.39, 0.29) is 55.3 Å². The van der Waals surface area contributed by atoms with Gasteiger partial charge >= 0.3 is 0 Å². The maximum atomic E-state index is 10.0. The molecule has 0 N–H and O–H groups in total. The molecular weight excluding hydrogens is 603 g/mol. The van der Waals surface area contributed by atoms with Gasteiger partial charge in [0, 0.05) is 22.4 Å². The molecule has 0 aromatic heterocycles. The summed E-state index contributed by atoms with van der Waals surface area (Å²) in [5.41, 5.74) is -5.07. The fraction of sp³-hybridized carbons (Fsp3) is 0.0612. The number of nitrogens with zero attached hydrogens (tertiary/aromatic N) is 1. The van der Waals surface area contributed by atoms with Crippen LogP contribution in [-0.4, -0.2) is 0 Å². The number of hydrogen-bond acceptors (Lipinski definition) is 1. The van der Waals surface area contributed by atoms with Crippen molar-refractivity contribution in [2.75, 3.05) is 4.90 Å². The van der Waals surface area contributed by atoms with E-state index in [0.29, 0.717) is 0 Å². The molecular formula is C49H37N. The Kier molecular flexibility index (Phi) is 3.65. The molecule has 0 heterocycles. The van der Waals surface area contributed by atoms with Crippen LogP contribution in [0.4, 0.5) is 17.1 Å². The van der Waals surface area contributed by atoms with Crippen molar-refractivity contribution in [3.8, 4) is 44.5 Å². The van der Waals surface area contributed by atoms with E-state index in [4.69, 9.17) is 15.1 Å². The Morgan fingerprint density at radius 2 is 0.980 bits per heavy atom. The maximum absolute atomic E-state index is 10.0. The quantitative estimate of drug-likeness (QED) is 0.172. The number of anilines is 3. The van der Waals surface area contributed by atoms with Gasteiger partial charge in [-0.3, -0.25) is 0 Å². The number of rotatable bonds is 6. The van der Waals surface area contributed by atoms with Crippen LogP contribution >= 0.6 is 0 Å². The van der Waals surface area contributed by atoms with E-state index in [1.807, 2.05) is 0 Å². The molecule has 1 heteroatoms. The van der Waals surface area contributed by atoms with E-state index in [1.165, 1.54) is 12.1 Å². The van der Waals surface area contributed by atoms with Crippen molar-refractivity contribution in [3.05, 3.63) is 199 Å². The SMILES string of the molecule is [2H]c1c([2H])c([2H])c(N(c2c([2H])c([2H])c(-c3c([2H])c([2H])c([2H])c4c([2H])c([2H])c([2H])c(-c5ccccc5)c34)c([2H])c2[2H])c2c([2H])c([2H])c3c(c2[2H])C(C)(C)c2c([2H])c([2H])c([2H])c([2H])c2-3)c(-c2ccccc2)c1[2H]. The van der Waals surface area contributed by atoms with Gasteiger partial charge in [0.1, 0.15) is 0 Å². The molecule has 9 rings (SSSR count). The zero-order valence-corrected chi connectivity index (χ0v) is 26.7. The van der Waals surface area contributed by atoms with Crippen LogP contribution in [0.3, 0.4) is 0 Å². The molecule has 0 aliphatic heterocycles. The van der Waals surface area contributed by atoms with Crippen molar-refractivity contribution in [2.45, 2.75) is 19.3 Å². The molecule has 0 spiro atoms. The lowest BCUT2D eigenvalue weighted by Gasteiger charge is -2.30. The van der Waals surface area contributed by atoms with Gasteiger partial charge in [-0.1, -0.05) is 171 Å². The van der Waals surface area contributed by atoms with Gasteiger partial charge in [0.2, 0.25) is 0 Å². The number of hydrogen-bond donors (Lipinski definition) is 0. The summed E-state index contributed by atoms with van der Waals surface area (Å²) in [7, 11) is 0. The molecule has 0 radical (unpaired) electrons. The second kappa shape index (κ2) is 12.1. The summed E-state index contributed by atoms with van der Waals surface area (Å²) in [5.74, 6) is 0. The average Bonchev–Trinajstić information content (AvgIpc) is 3.60. The monoisotopic (exact) mass is 660 g/mol. The summed E-state index contributed by atoms with van der Waals surface area (Å²) < 4.78 is 194. The Balaban J connectivity index is 1.49. The van der Waals surface area contributed by atoms with E-state index in [9.17, 15) is 13.7 Å². The minimum Gasteiger partial charge on any atom is -0.310 e. The molecule has 0 saturated heterocycles. The predicted octanol–water partition coefficient (Wildman–Crippen LogP) is 13.6. The molecule has 8 aromatic rings. The highest BCUT2D eigenvalue weighted by atomic mass is 15.1. The van der Waals surface area contributed by atoms with Crippen molar-refractivity contribution in [2.24, 2.45) is 0 Å². The normalized spacial score (nSPS) is 18.6. The van der Waals surface area contributed by atoms with E-state index in [0.717, 1.165) is 4.90 Å². The number of fused-ring (bicyclic) bond motifs is 4. The van der Waals surface area contributed by atoms with Crippen molar-refractivity contribution >= 4 is 27.8 Å². The fourth-order valence-electron chi connectivity index (χ4n) is 6.40. The summed E-state index contributed by atoms with van der Waals surface area (Å²) in [6.07, 6.45) is 0. The molecule has 1 nitrogen and oxygen atoms in total. The second-order valence-electron chi connectivity index (χ2n) is 12.1. The lowest BCUT2D eigenvalue weighted by atomic mass is 9.82. The molecule has 8 aromatic carbocycles. The van der Waals surface area contributed by atoms with Crippen LogP contribution in [-0.2, 0) is 5.41 Å². The highest BCUT2D eigenvalue weighted by Crippen LogP contribution is 2.51. The van der Waals surface area contributed by atoms with Crippen molar-refractivity contribution in [3.63, 3.8) is 0 Å². The third kappa shape index (κ3) is 4.94. The summed E-state index contributed by atoms with van der Waals surface area (Å²) in [6.45, 7) is 3.09. The third-order valence-corrected chi connectivity index (χ3v) is 8.81. The summed E-state index contributed by atoms with van der Waals surface area (Å²) >= 11 is 0. The van der Waals surface area contributed by atoms with Gasteiger partial charge in [0.25, 0.3) is 0 Å². The molecule has 238 valence electrons. The first-order chi connectivity index (χ1) is 33.3. The second-order valence-corrected chi connectivity index (χ2v) is 12.1. The van der Waals surface area contributed by atoms with Gasteiger partial charge < -0.3 is 4.90 Å².